The van der Waals surface area contributed by atoms with Crippen LogP contribution in [0.5, 0.6) is 0 Å². The highest BCUT2D eigenvalue weighted by Crippen LogP contribution is 2.28. The number of hydrogen-bond donors (Lipinski definition) is 3. The molecular weight excluding hydrogens is 414 g/mol. The number of hydrogen-bond acceptors (Lipinski definition) is 6. The van der Waals surface area contributed by atoms with Gasteiger partial charge in [-0.1, -0.05) is 0 Å². The maximum Gasteiger partial charge on any atom is 0.323 e. The van der Waals surface area contributed by atoms with Gasteiger partial charge in [0, 0.05) is 62.5 Å². The third-order valence-electron chi connectivity index (χ3n) is 5.09. The fourth-order valence-corrected chi connectivity index (χ4v) is 3.50. The molecule has 10 heteroatoms. The first-order chi connectivity index (χ1) is 15.5. The van der Waals surface area contributed by atoms with Crippen molar-refractivity contribution in [1.29, 1.82) is 0 Å². The number of nitrogens with one attached hydrogen (secondary N) is 3. The van der Waals surface area contributed by atoms with Crippen LogP contribution < -0.4 is 20.9 Å². The molecule has 3 rings (SSSR count). The summed E-state index contributed by atoms with van der Waals surface area (Å²) in [5.74, 6) is -0.206. The molecule has 2 aromatic carbocycles. The molecule has 10 nitrogen and oxygen atoms in total. The third kappa shape index (κ3) is 6.17. The van der Waals surface area contributed by atoms with Crippen molar-refractivity contribution in [2.45, 2.75) is 19.3 Å². The van der Waals surface area contributed by atoms with Crippen LogP contribution in [0.25, 0.3) is 0 Å². The number of non-ortho nitro benzene ring substituents is 1. The second-order valence-electron chi connectivity index (χ2n) is 7.41. The summed E-state index contributed by atoms with van der Waals surface area (Å²) >= 11 is 0. The van der Waals surface area contributed by atoms with Crippen LogP contribution in [-0.4, -0.2) is 50.2 Å². The van der Waals surface area contributed by atoms with Gasteiger partial charge in [0.25, 0.3) is 11.6 Å². The zero-order chi connectivity index (χ0) is 22.9. The molecule has 2 aromatic rings. The molecule has 0 radical (unpaired) electrons. The lowest BCUT2D eigenvalue weighted by Crippen LogP contribution is -2.29. The van der Waals surface area contributed by atoms with Crippen molar-refractivity contribution < 1.29 is 19.2 Å². The van der Waals surface area contributed by atoms with E-state index in [1.165, 1.54) is 24.3 Å². The number of amides is 3. The molecule has 1 aliphatic heterocycles. The lowest BCUT2D eigenvalue weighted by Gasteiger charge is -2.22. The Morgan fingerprint density at radius 2 is 1.72 bits per heavy atom. The van der Waals surface area contributed by atoms with E-state index < -0.39 is 11.0 Å². The molecule has 3 amide bonds. The highest BCUT2D eigenvalue weighted by molar-refractivity contribution is 6.04. The van der Waals surface area contributed by atoms with Gasteiger partial charge in [0.15, 0.2) is 0 Å². The minimum absolute atomic E-state index is 0.0605. The van der Waals surface area contributed by atoms with Crippen LogP contribution in [0.3, 0.4) is 0 Å². The molecule has 1 fully saturated rings. The van der Waals surface area contributed by atoms with Crippen molar-refractivity contribution in [1.82, 2.24) is 5.32 Å². The average molecular weight is 441 g/mol. The van der Waals surface area contributed by atoms with E-state index in [-0.39, 0.29) is 11.6 Å². The number of nitrogens with zero attached hydrogens (tertiary/aromatic N) is 2. The first-order valence-corrected chi connectivity index (χ1v) is 10.5. The van der Waals surface area contributed by atoms with Gasteiger partial charge in [-0.25, -0.2) is 4.79 Å². The standard InChI is InChI=1S/C22H27N5O5/c1-32-14-4-11-23-21(28)19-15-17(7-10-20(19)26-12-2-3-13-26)25-22(29)24-16-5-8-18(9-6-16)27(30)31/h5-10,15H,2-4,11-14H2,1H3,(H,23,28)(H2,24,25,29). The van der Waals surface area contributed by atoms with Crippen LogP contribution in [-0.2, 0) is 4.74 Å². The van der Waals surface area contributed by atoms with Gasteiger partial charge >= 0.3 is 6.03 Å². The van der Waals surface area contributed by atoms with Crippen molar-refractivity contribution >= 4 is 34.7 Å². The Kier molecular flexibility index (Phi) is 7.98. The average Bonchev–Trinajstić information content (AvgIpc) is 3.31. The summed E-state index contributed by atoms with van der Waals surface area (Å²) in [6.45, 7) is 2.82. The molecule has 1 heterocycles. The molecule has 1 saturated heterocycles. The van der Waals surface area contributed by atoms with Crippen molar-refractivity contribution in [2.24, 2.45) is 0 Å². The second kappa shape index (κ2) is 11.1. The zero-order valence-corrected chi connectivity index (χ0v) is 17.9. The van der Waals surface area contributed by atoms with Gasteiger partial charge in [0.1, 0.15) is 0 Å². The van der Waals surface area contributed by atoms with Gasteiger partial charge in [-0.15, -0.1) is 0 Å². The number of rotatable bonds is 9. The predicted octanol–water partition coefficient (Wildman–Crippen LogP) is 3.61. The predicted molar refractivity (Wildman–Crippen MR) is 122 cm³/mol. The second-order valence-corrected chi connectivity index (χ2v) is 7.41. The minimum Gasteiger partial charge on any atom is -0.385 e. The molecule has 1 aliphatic rings. The van der Waals surface area contributed by atoms with Gasteiger partial charge in [-0.3, -0.25) is 14.9 Å². The minimum atomic E-state index is -0.515. The van der Waals surface area contributed by atoms with Crippen LogP contribution >= 0.6 is 0 Å². The Morgan fingerprint density at radius 1 is 1.06 bits per heavy atom. The van der Waals surface area contributed by atoms with Crippen LogP contribution in [0.2, 0.25) is 0 Å². The number of nitro groups is 1. The number of carbonyl (C=O) groups excluding carboxylic acids is 2. The molecule has 0 aliphatic carbocycles. The summed E-state index contributed by atoms with van der Waals surface area (Å²) in [4.78, 5) is 37.6. The molecule has 0 aromatic heterocycles. The van der Waals surface area contributed by atoms with E-state index in [0.717, 1.165) is 31.6 Å². The largest absolute Gasteiger partial charge is 0.385 e. The van der Waals surface area contributed by atoms with E-state index in [2.05, 4.69) is 20.9 Å². The quantitative estimate of drug-likeness (QED) is 0.310. The molecule has 32 heavy (non-hydrogen) atoms. The fourth-order valence-electron chi connectivity index (χ4n) is 3.50. The number of benzene rings is 2. The van der Waals surface area contributed by atoms with Crippen LogP contribution in [0.1, 0.15) is 29.6 Å². The van der Waals surface area contributed by atoms with E-state index >= 15 is 0 Å². The Bertz CT molecular complexity index is 958. The summed E-state index contributed by atoms with van der Waals surface area (Å²) in [6.07, 6.45) is 2.86. The van der Waals surface area contributed by atoms with Gasteiger partial charge in [0.2, 0.25) is 0 Å². The van der Waals surface area contributed by atoms with Crippen molar-refractivity contribution in [2.75, 3.05) is 48.9 Å². The highest BCUT2D eigenvalue weighted by Gasteiger charge is 2.20. The maximum atomic E-state index is 12.8. The van der Waals surface area contributed by atoms with Crippen LogP contribution in [0.15, 0.2) is 42.5 Å². The molecule has 0 unspecified atom stereocenters. The summed E-state index contributed by atoms with van der Waals surface area (Å²) < 4.78 is 5.02. The van der Waals surface area contributed by atoms with Crippen molar-refractivity contribution in [3.63, 3.8) is 0 Å². The Morgan fingerprint density at radius 3 is 2.38 bits per heavy atom. The van der Waals surface area contributed by atoms with Crippen LogP contribution in [0, 0.1) is 10.1 Å². The first kappa shape index (κ1) is 23.0. The van der Waals surface area contributed by atoms with E-state index in [1.807, 2.05) is 6.07 Å². The Labute approximate surface area is 186 Å². The molecule has 0 bridgehead atoms. The van der Waals surface area contributed by atoms with Gasteiger partial charge in [-0.05, 0) is 49.6 Å². The number of methoxy groups -OCH3 is 1. The van der Waals surface area contributed by atoms with Gasteiger partial charge in [0.05, 0.1) is 10.5 Å². The lowest BCUT2D eigenvalue weighted by atomic mass is 10.1. The molecule has 0 saturated carbocycles. The van der Waals surface area contributed by atoms with E-state index in [0.29, 0.717) is 36.5 Å². The van der Waals surface area contributed by atoms with Crippen molar-refractivity contribution in [3.8, 4) is 0 Å². The number of anilines is 3. The maximum absolute atomic E-state index is 12.8. The topological polar surface area (TPSA) is 126 Å². The first-order valence-electron chi connectivity index (χ1n) is 10.5. The van der Waals surface area contributed by atoms with Crippen LogP contribution in [0.4, 0.5) is 27.5 Å². The number of carbonyl (C=O) groups is 2. The third-order valence-corrected chi connectivity index (χ3v) is 5.09. The molecule has 0 atom stereocenters. The summed E-state index contributed by atoms with van der Waals surface area (Å²) in [7, 11) is 1.62. The molecule has 0 spiro atoms. The summed E-state index contributed by atoms with van der Waals surface area (Å²) in [5, 5.41) is 19.0. The van der Waals surface area contributed by atoms with E-state index in [9.17, 15) is 19.7 Å². The number of ether oxygens (including phenoxy) is 1. The Hall–Kier alpha value is -3.66. The highest BCUT2D eigenvalue weighted by atomic mass is 16.6. The smallest absolute Gasteiger partial charge is 0.323 e. The number of urea groups is 1. The summed E-state index contributed by atoms with van der Waals surface area (Å²) in [5.41, 5.74) is 2.16. The zero-order valence-electron chi connectivity index (χ0n) is 17.9. The summed E-state index contributed by atoms with van der Waals surface area (Å²) in [6, 6.07) is 10.3. The van der Waals surface area contributed by atoms with Gasteiger partial charge < -0.3 is 25.6 Å². The monoisotopic (exact) mass is 441 g/mol. The van der Waals surface area contributed by atoms with E-state index in [4.69, 9.17) is 4.74 Å². The number of nitro benzene ring substituents is 1. The Balaban J connectivity index is 1.70. The fraction of sp³-hybridized carbons (Fsp3) is 0.364. The molecule has 170 valence electrons. The molecule has 3 N–H and O–H groups in total. The molecular formula is C22H27N5O5. The SMILES string of the molecule is COCCCNC(=O)c1cc(NC(=O)Nc2ccc([N+](=O)[O-])cc2)ccc1N1CCCC1. The normalized spacial score (nSPS) is 13.0. The van der Waals surface area contributed by atoms with Gasteiger partial charge in [-0.2, -0.15) is 0 Å². The van der Waals surface area contributed by atoms with Crippen molar-refractivity contribution in [3.05, 3.63) is 58.1 Å². The lowest BCUT2D eigenvalue weighted by molar-refractivity contribution is -0.384. The van der Waals surface area contributed by atoms with E-state index in [1.54, 1.807) is 19.2 Å².